The van der Waals surface area contributed by atoms with E-state index < -0.39 is 0 Å². The second-order valence-electron chi connectivity index (χ2n) is 5.67. The maximum Gasteiger partial charge on any atom is 0.220 e. The molecule has 0 aromatic heterocycles. The zero-order valence-electron chi connectivity index (χ0n) is 12.5. The number of piperidine rings is 1. The predicted octanol–water partition coefficient (Wildman–Crippen LogP) is 1.95. The molecular weight excluding hydrogens is 240 g/mol. The molecule has 4 heteroatoms. The number of unbranched alkanes of at least 4 members (excludes halogenated alkanes) is 2. The fourth-order valence-corrected chi connectivity index (χ4v) is 2.72. The number of nitrogens with one attached hydrogen (secondary N) is 2. The van der Waals surface area contributed by atoms with Gasteiger partial charge < -0.3 is 15.4 Å². The highest BCUT2D eigenvalue weighted by atomic mass is 16.5. The first-order valence-corrected chi connectivity index (χ1v) is 7.70. The van der Waals surface area contributed by atoms with E-state index in [4.69, 9.17) is 4.74 Å². The van der Waals surface area contributed by atoms with Gasteiger partial charge in [-0.2, -0.15) is 0 Å². The van der Waals surface area contributed by atoms with Gasteiger partial charge in [-0.3, -0.25) is 4.79 Å². The number of carbonyl (C=O) groups is 1. The van der Waals surface area contributed by atoms with Gasteiger partial charge in [0.25, 0.3) is 0 Å². The average Bonchev–Trinajstić information content (AvgIpc) is 2.43. The summed E-state index contributed by atoms with van der Waals surface area (Å²) in [6.45, 7) is 6.06. The van der Waals surface area contributed by atoms with E-state index in [2.05, 4.69) is 17.6 Å². The molecule has 4 nitrogen and oxygen atoms in total. The molecule has 0 saturated carbocycles. The van der Waals surface area contributed by atoms with Gasteiger partial charge in [0, 0.05) is 26.7 Å². The van der Waals surface area contributed by atoms with Crippen LogP contribution in [0.5, 0.6) is 0 Å². The average molecular weight is 270 g/mol. The van der Waals surface area contributed by atoms with E-state index in [-0.39, 0.29) is 5.91 Å². The smallest absolute Gasteiger partial charge is 0.220 e. The molecule has 1 rings (SSSR count). The predicted molar refractivity (Wildman–Crippen MR) is 78.1 cm³/mol. The Balaban J connectivity index is 2.02. The van der Waals surface area contributed by atoms with Gasteiger partial charge in [0.2, 0.25) is 5.91 Å². The third kappa shape index (κ3) is 7.53. The lowest BCUT2D eigenvalue weighted by Gasteiger charge is -2.27. The van der Waals surface area contributed by atoms with Gasteiger partial charge in [-0.25, -0.2) is 0 Å². The summed E-state index contributed by atoms with van der Waals surface area (Å²) < 4.78 is 5.00. The van der Waals surface area contributed by atoms with Crippen molar-refractivity contribution in [1.82, 2.24) is 10.6 Å². The number of hydrogen-bond donors (Lipinski definition) is 2. The van der Waals surface area contributed by atoms with Crippen LogP contribution in [0.2, 0.25) is 0 Å². The molecular formula is C15H30N2O2. The third-order valence-corrected chi connectivity index (χ3v) is 4.04. The lowest BCUT2D eigenvalue weighted by molar-refractivity contribution is -0.122. The van der Waals surface area contributed by atoms with Gasteiger partial charge in [-0.15, -0.1) is 0 Å². The highest BCUT2D eigenvalue weighted by molar-refractivity contribution is 5.76. The van der Waals surface area contributed by atoms with Crippen LogP contribution in [0.15, 0.2) is 0 Å². The summed E-state index contributed by atoms with van der Waals surface area (Å²) in [7, 11) is 1.73. The summed E-state index contributed by atoms with van der Waals surface area (Å²) in [5.74, 6) is 1.45. The van der Waals surface area contributed by atoms with Crippen molar-refractivity contribution < 1.29 is 9.53 Å². The van der Waals surface area contributed by atoms with E-state index in [0.29, 0.717) is 18.3 Å². The molecule has 19 heavy (non-hydrogen) atoms. The molecule has 1 unspecified atom stereocenters. The molecule has 0 spiro atoms. The topological polar surface area (TPSA) is 50.4 Å². The molecule has 1 aliphatic heterocycles. The first-order valence-electron chi connectivity index (χ1n) is 7.70. The van der Waals surface area contributed by atoms with E-state index in [1.165, 1.54) is 12.8 Å². The van der Waals surface area contributed by atoms with E-state index in [1.54, 1.807) is 7.11 Å². The van der Waals surface area contributed by atoms with Gasteiger partial charge in [-0.05, 0) is 57.0 Å². The Labute approximate surface area is 117 Å². The number of carbonyl (C=O) groups excluding carboxylic acids is 1. The second-order valence-corrected chi connectivity index (χ2v) is 5.67. The molecule has 1 aliphatic rings. The molecule has 0 bridgehead atoms. The SMILES string of the molecule is COCCCCCNC(=O)CC(C)C1CCNCC1. The molecule has 1 heterocycles. The molecule has 0 aliphatic carbocycles. The van der Waals surface area contributed by atoms with Crippen molar-refractivity contribution in [1.29, 1.82) is 0 Å². The van der Waals surface area contributed by atoms with E-state index in [0.717, 1.165) is 45.5 Å². The normalized spacial score (nSPS) is 18.2. The first-order chi connectivity index (χ1) is 9.24. The van der Waals surface area contributed by atoms with Gasteiger partial charge in [0.1, 0.15) is 0 Å². The minimum atomic E-state index is 0.220. The van der Waals surface area contributed by atoms with Crippen LogP contribution < -0.4 is 10.6 Å². The number of rotatable bonds is 9. The Bertz CT molecular complexity index is 240. The van der Waals surface area contributed by atoms with Crippen LogP contribution >= 0.6 is 0 Å². The Hall–Kier alpha value is -0.610. The van der Waals surface area contributed by atoms with Crippen LogP contribution in [0.25, 0.3) is 0 Å². The lowest BCUT2D eigenvalue weighted by atomic mass is 9.84. The Morgan fingerprint density at radius 2 is 2.05 bits per heavy atom. The van der Waals surface area contributed by atoms with E-state index in [9.17, 15) is 4.79 Å². The Morgan fingerprint density at radius 3 is 2.74 bits per heavy atom. The van der Waals surface area contributed by atoms with Crippen molar-refractivity contribution in [3.05, 3.63) is 0 Å². The maximum atomic E-state index is 11.8. The van der Waals surface area contributed by atoms with Crippen LogP contribution in [0.1, 0.15) is 45.4 Å². The van der Waals surface area contributed by atoms with Gasteiger partial charge in [0.15, 0.2) is 0 Å². The quantitative estimate of drug-likeness (QED) is 0.630. The molecule has 0 radical (unpaired) electrons. The molecule has 1 saturated heterocycles. The molecule has 0 aromatic rings. The molecule has 1 fully saturated rings. The van der Waals surface area contributed by atoms with Crippen LogP contribution in [0, 0.1) is 11.8 Å². The number of methoxy groups -OCH3 is 1. The van der Waals surface area contributed by atoms with E-state index in [1.807, 2.05) is 0 Å². The first kappa shape index (κ1) is 16.4. The Kier molecular flexibility index (Phi) is 8.84. The number of ether oxygens (including phenoxy) is 1. The van der Waals surface area contributed by atoms with Crippen LogP contribution in [-0.4, -0.2) is 39.3 Å². The van der Waals surface area contributed by atoms with Gasteiger partial charge in [0.05, 0.1) is 0 Å². The molecule has 0 aromatic carbocycles. The van der Waals surface area contributed by atoms with Crippen LogP contribution in [-0.2, 0) is 9.53 Å². The van der Waals surface area contributed by atoms with Crippen molar-refractivity contribution in [3.8, 4) is 0 Å². The Morgan fingerprint density at radius 1 is 1.32 bits per heavy atom. The third-order valence-electron chi connectivity index (χ3n) is 4.04. The van der Waals surface area contributed by atoms with Crippen molar-refractivity contribution in [3.63, 3.8) is 0 Å². The highest BCUT2D eigenvalue weighted by Gasteiger charge is 2.21. The van der Waals surface area contributed by atoms with Crippen molar-refractivity contribution in [2.24, 2.45) is 11.8 Å². The standard InChI is InChI=1S/C15H30N2O2/c1-13(14-6-9-16-10-7-14)12-15(18)17-8-4-3-5-11-19-2/h13-14,16H,3-12H2,1-2H3,(H,17,18). The minimum absolute atomic E-state index is 0.220. The molecule has 2 N–H and O–H groups in total. The highest BCUT2D eigenvalue weighted by Crippen LogP contribution is 2.24. The fraction of sp³-hybridized carbons (Fsp3) is 0.933. The summed E-state index contributed by atoms with van der Waals surface area (Å²) in [6.07, 6.45) is 6.37. The molecule has 1 atom stereocenters. The van der Waals surface area contributed by atoms with Gasteiger partial charge in [-0.1, -0.05) is 6.92 Å². The summed E-state index contributed by atoms with van der Waals surface area (Å²) in [6, 6.07) is 0. The minimum Gasteiger partial charge on any atom is -0.385 e. The summed E-state index contributed by atoms with van der Waals surface area (Å²) in [5.41, 5.74) is 0. The molecule has 1 amide bonds. The van der Waals surface area contributed by atoms with E-state index >= 15 is 0 Å². The fourth-order valence-electron chi connectivity index (χ4n) is 2.72. The van der Waals surface area contributed by atoms with Gasteiger partial charge >= 0.3 is 0 Å². The van der Waals surface area contributed by atoms with Crippen molar-refractivity contribution >= 4 is 5.91 Å². The zero-order chi connectivity index (χ0) is 13.9. The zero-order valence-corrected chi connectivity index (χ0v) is 12.5. The summed E-state index contributed by atoms with van der Waals surface area (Å²) in [5, 5.41) is 6.40. The van der Waals surface area contributed by atoms with Crippen LogP contribution in [0.4, 0.5) is 0 Å². The van der Waals surface area contributed by atoms with Crippen molar-refractivity contribution in [2.45, 2.75) is 45.4 Å². The van der Waals surface area contributed by atoms with Crippen LogP contribution in [0.3, 0.4) is 0 Å². The monoisotopic (exact) mass is 270 g/mol. The number of amides is 1. The lowest BCUT2D eigenvalue weighted by Crippen LogP contribution is -2.33. The second kappa shape index (κ2) is 10.2. The maximum absolute atomic E-state index is 11.8. The number of hydrogen-bond acceptors (Lipinski definition) is 3. The summed E-state index contributed by atoms with van der Waals surface area (Å²) in [4.78, 5) is 11.8. The molecule has 112 valence electrons. The van der Waals surface area contributed by atoms with Crippen molar-refractivity contribution in [2.75, 3.05) is 33.4 Å². The summed E-state index contributed by atoms with van der Waals surface area (Å²) >= 11 is 0. The largest absolute Gasteiger partial charge is 0.385 e.